The fourth-order valence-corrected chi connectivity index (χ4v) is 4.84. The van der Waals surface area contributed by atoms with Crippen LogP contribution in [0.15, 0.2) is 0 Å². The van der Waals surface area contributed by atoms with Crippen molar-refractivity contribution in [3.8, 4) is 0 Å². The Morgan fingerprint density at radius 1 is 0.406 bits per heavy atom. The van der Waals surface area contributed by atoms with Crippen LogP contribution in [0.25, 0.3) is 0 Å². The summed E-state index contributed by atoms with van der Waals surface area (Å²) >= 11 is 0. The smallest absolute Gasteiger partial charge is 0.247 e. The van der Waals surface area contributed by atoms with Crippen LogP contribution < -0.4 is 0 Å². The monoisotopic (exact) mass is 451 g/mol. The van der Waals surface area contributed by atoms with Gasteiger partial charge in [-0.25, -0.2) is 9.90 Å². The number of hydrogen-bond acceptors (Lipinski definition) is 1. The van der Waals surface area contributed by atoms with E-state index in [0.29, 0.717) is 0 Å². The minimum absolute atomic E-state index is 0.207. The van der Waals surface area contributed by atoms with E-state index in [1.807, 2.05) is 0 Å². The first-order chi connectivity index (χ1) is 15.7. The van der Waals surface area contributed by atoms with Crippen molar-refractivity contribution in [3.05, 3.63) is 0 Å². The van der Waals surface area contributed by atoms with Crippen LogP contribution in [0.2, 0.25) is 0 Å². The minimum atomic E-state index is -0.809. The zero-order chi connectivity index (χ0) is 23.5. The molecule has 0 heterocycles. The molecule has 0 aliphatic carbocycles. The Balaban J connectivity index is 3.42. The summed E-state index contributed by atoms with van der Waals surface area (Å²) in [5.74, 6) is -1.02. The van der Waals surface area contributed by atoms with E-state index in [0.717, 1.165) is 25.7 Å². The van der Waals surface area contributed by atoms with E-state index in [1.54, 1.807) is 0 Å². The summed E-state index contributed by atoms with van der Waals surface area (Å²) in [7, 11) is 0. The predicted molar refractivity (Wildman–Crippen MR) is 141 cm³/mol. The van der Waals surface area contributed by atoms with Crippen LogP contribution in [0.4, 0.5) is 0 Å². The Morgan fingerprint density at radius 2 is 0.625 bits per heavy atom. The first kappa shape index (κ1) is 31.5. The molecular weight excluding hydrogens is 392 g/mol. The van der Waals surface area contributed by atoms with Crippen LogP contribution >= 0.6 is 0 Å². The predicted octanol–water partition coefficient (Wildman–Crippen LogP) is 10.7. The number of hydrogen-bond donors (Lipinski definition) is 0. The zero-order valence-corrected chi connectivity index (χ0v) is 22.3. The molecule has 0 aliphatic rings. The van der Waals surface area contributed by atoms with Gasteiger partial charge in [-0.15, -0.1) is 0 Å². The SMILES string of the molecule is CCCCCCCCCCCCCCC(CCCCCCCCCCCCCC)C([O])=O. The Hall–Kier alpha value is -0.530. The maximum absolute atomic E-state index is 11.5. The van der Waals surface area contributed by atoms with E-state index in [4.69, 9.17) is 0 Å². The average Bonchev–Trinajstić information content (AvgIpc) is 2.78. The van der Waals surface area contributed by atoms with E-state index in [-0.39, 0.29) is 5.92 Å². The normalized spacial score (nSPS) is 11.5. The van der Waals surface area contributed by atoms with Crippen LogP contribution in [0.5, 0.6) is 0 Å². The highest BCUT2D eigenvalue weighted by atomic mass is 16.4. The first-order valence-electron chi connectivity index (χ1n) is 14.9. The summed E-state index contributed by atoms with van der Waals surface area (Å²) in [5, 5.41) is 11.5. The van der Waals surface area contributed by atoms with Crippen LogP contribution in [-0.2, 0) is 9.90 Å². The van der Waals surface area contributed by atoms with Gasteiger partial charge in [-0.3, -0.25) is 0 Å². The van der Waals surface area contributed by atoms with Crippen molar-refractivity contribution in [2.75, 3.05) is 0 Å². The highest BCUT2D eigenvalue weighted by molar-refractivity contribution is 5.69. The Morgan fingerprint density at radius 3 is 0.844 bits per heavy atom. The number of carbonyl (C=O) groups is 1. The van der Waals surface area contributed by atoms with Gasteiger partial charge in [-0.1, -0.05) is 168 Å². The van der Waals surface area contributed by atoms with E-state index < -0.39 is 5.97 Å². The van der Waals surface area contributed by atoms with Gasteiger partial charge in [-0.05, 0) is 12.8 Å². The lowest BCUT2D eigenvalue weighted by Crippen LogP contribution is -2.12. The van der Waals surface area contributed by atoms with Gasteiger partial charge < -0.3 is 0 Å². The summed E-state index contributed by atoms with van der Waals surface area (Å²) in [6.07, 6.45) is 33.6. The number of rotatable bonds is 27. The summed E-state index contributed by atoms with van der Waals surface area (Å²) in [6, 6.07) is 0. The van der Waals surface area contributed by atoms with Crippen molar-refractivity contribution in [2.24, 2.45) is 5.92 Å². The lowest BCUT2D eigenvalue weighted by Gasteiger charge is -2.11. The lowest BCUT2D eigenvalue weighted by molar-refractivity contribution is -0.148. The van der Waals surface area contributed by atoms with Crippen molar-refractivity contribution in [1.29, 1.82) is 0 Å². The van der Waals surface area contributed by atoms with Gasteiger partial charge in [0.2, 0.25) is 0 Å². The third-order valence-corrected chi connectivity index (χ3v) is 7.15. The van der Waals surface area contributed by atoms with Crippen molar-refractivity contribution in [2.45, 2.75) is 181 Å². The molecule has 0 unspecified atom stereocenters. The molecule has 2 heteroatoms. The average molecular weight is 452 g/mol. The zero-order valence-electron chi connectivity index (χ0n) is 22.3. The molecule has 191 valence electrons. The second-order valence-corrected chi connectivity index (χ2v) is 10.4. The molecule has 0 N–H and O–H groups in total. The van der Waals surface area contributed by atoms with Crippen LogP contribution in [0, 0.1) is 5.92 Å². The van der Waals surface area contributed by atoms with Crippen molar-refractivity contribution in [1.82, 2.24) is 0 Å². The van der Waals surface area contributed by atoms with Gasteiger partial charge in [0.05, 0.1) is 5.92 Å². The molecule has 0 aromatic heterocycles. The Bertz CT molecular complexity index is 338. The highest BCUT2D eigenvalue weighted by Gasteiger charge is 2.18. The third-order valence-electron chi connectivity index (χ3n) is 7.15. The van der Waals surface area contributed by atoms with E-state index >= 15 is 0 Å². The van der Waals surface area contributed by atoms with Crippen molar-refractivity contribution >= 4 is 5.97 Å². The van der Waals surface area contributed by atoms with Crippen LogP contribution in [0.1, 0.15) is 181 Å². The molecule has 1 radical (unpaired) electrons. The lowest BCUT2D eigenvalue weighted by atomic mass is 9.94. The maximum atomic E-state index is 11.5. The molecule has 0 bridgehead atoms. The molecule has 32 heavy (non-hydrogen) atoms. The number of unbranched alkanes of at least 4 members (excludes halogenated alkanes) is 22. The standard InChI is InChI=1S/C30H59O2/c1-3-5-7-9-11-13-15-17-19-21-23-25-27-29(30(31)32)28-26-24-22-20-18-16-14-12-10-8-6-4-2/h29H,3-28H2,1-2H3. The van der Waals surface area contributed by atoms with E-state index in [9.17, 15) is 9.90 Å². The molecule has 0 amide bonds. The molecule has 0 spiro atoms. The highest BCUT2D eigenvalue weighted by Crippen LogP contribution is 2.20. The molecule has 0 aromatic rings. The molecule has 0 aliphatic heterocycles. The maximum Gasteiger partial charge on any atom is 0.358 e. The second kappa shape index (κ2) is 26.7. The summed E-state index contributed by atoms with van der Waals surface area (Å²) in [4.78, 5) is 11.5. The molecule has 2 nitrogen and oxygen atoms in total. The van der Waals surface area contributed by atoms with Crippen LogP contribution in [0.3, 0.4) is 0 Å². The van der Waals surface area contributed by atoms with E-state index in [2.05, 4.69) is 13.8 Å². The first-order valence-corrected chi connectivity index (χ1v) is 14.9. The second-order valence-electron chi connectivity index (χ2n) is 10.4. The molecule has 0 rings (SSSR count). The van der Waals surface area contributed by atoms with E-state index in [1.165, 1.54) is 141 Å². The van der Waals surface area contributed by atoms with Gasteiger partial charge in [0, 0.05) is 0 Å². The summed E-state index contributed by atoms with van der Waals surface area (Å²) < 4.78 is 0. The van der Waals surface area contributed by atoms with Gasteiger partial charge >= 0.3 is 5.97 Å². The molecule has 0 fully saturated rings. The Labute approximate surface area is 202 Å². The quantitative estimate of drug-likeness (QED) is 0.114. The fourth-order valence-electron chi connectivity index (χ4n) is 4.84. The van der Waals surface area contributed by atoms with Gasteiger partial charge in [0.1, 0.15) is 0 Å². The molecular formula is C30H59O2. The van der Waals surface area contributed by atoms with Crippen molar-refractivity contribution < 1.29 is 9.90 Å². The summed E-state index contributed by atoms with van der Waals surface area (Å²) in [5.41, 5.74) is 0. The summed E-state index contributed by atoms with van der Waals surface area (Å²) in [6.45, 7) is 4.54. The van der Waals surface area contributed by atoms with Gasteiger partial charge in [-0.2, -0.15) is 0 Å². The topological polar surface area (TPSA) is 37.0 Å². The minimum Gasteiger partial charge on any atom is -0.247 e. The molecule has 0 atom stereocenters. The number of carbonyl (C=O) groups excluding carboxylic acids is 1. The van der Waals surface area contributed by atoms with Crippen LogP contribution in [-0.4, -0.2) is 5.97 Å². The van der Waals surface area contributed by atoms with Crippen molar-refractivity contribution in [3.63, 3.8) is 0 Å². The molecule has 0 aromatic carbocycles. The fraction of sp³-hybridized carbons (Fsp3) is 0.967. The molecule has 0 saturated heterocycles. The molecule has 0 saturated carbocycles. The largest absolute Gasteiger partial charge is 0.358 e. The van der Waals surface area contributed by atoms with Gasteiger partial charge in [0.15, 0.2) is 0 Å². The van der Waals surface area contributed by atoms with Gasteiger partial charge in [0.25, 0.3) is 0 Å². The third kappa shape index (κ3) is 24.1. The Kier molecular flexibility index (Phi) is 26.3.